The SMILES string of the molecule is CC(C)CNCc1c(Cl)cccc1SCC(O)CO. The van der Waals surface area contributed by atoms with E-state index in [2.05, 4.69) is 19.2 Å². The van der Waals surface area contributed by atoms with Crippen molar-refractivity contribution in [2.75, 3.05) is 18.9 Å². The van der Waals surface area contributed by atoms with Gasteiger partial charge in [0.1, 0.15) is 0 Å². The fourth-order valence-electron chi connectivity index (χ4n) is 1.57. The fourth-order valence-corrected chi connectivity index (χ4v) is 2.88. The highest BCUT2D eigenvalue weighted by atomic mass is 35.5. The van der Waals surface area contributed by atoms with Crippen LogP contribution in [-0.2, 0) is 6.54 Å². The molecule has 0 bridgehead atoms. The van der Waals surface area contributed by atoms with Gasteiger partial charge < -0.3 is 15.5 Å². The van der Waals surface area contributed by atoms with Gasteiger partial charge in [-0.25, -0.2) is 0 Å². The number of aliphatic hydroxyl groups is 2. The summed E-state index contributed by atoms with van der Waals surface area (Å²) in [6, 6.07) is 5.77. The van der Waals surface area contributed by atoms with E-state index in [1.165, 1.54) is 11.8 Å². The minimum Gasteiger partial charge on any atom is -0.394 e. The van der Waals surface area contributed by atoms with Crippen LogP contribution in [0.4, 0.5) is 0 Å². The van der Waals surface area contributed by atoms with Crippen LogP contribution in [0.2, 0.25) is 5.02 Å². The van der Waals surface area contributed by atoms with Crippen LogP contribution in [0.25, 0.3) is 0 Å². The molecule has 1 aromatic carbocycles. The Morgan fingerprint density at radius 3 is 2.74 bits per heavy atom. The first-order chi connectivity index (χ1) is 9.04. The molecule has 0 aromatic heterocycles. The van der Waals surface area contributed by atoms with Crippen LogP contribution in [0, 0.1) is 5.92 Å². The fraction of sp³-hybridized carbons (Fsp3) is 0.571. The topological polar surface area (TPSA) is 52.5 Å². The first-order valence-electron chi connectivity index (χ1n) is 6.44. The van der Waals surface area contributed by atoms with E-state index >= 15 is 0 Å². The van der Waals surface area contributed by atoms with E-state index in [1.807, 2.05) is 18.2 Å². The molecule has 0 aliphatic heterocycles. The molecule has 0 heterocycles. The van der Waals surface area contributed by atoms with Crippen LogP contribution in [0.3, 0.4) is 0 Å². The van der Waals surface area contributed by atoms with Crippen molar-refractivity contribution in [1.82, 2.24) is 5.32 Å². The molecule has 1 aromatic rings. The van der Waals surface area contributed by atoms with E-state index in [9.17, 15) is 5.11 Å². The predicted molar refractivity (Wildman–Crippen MR) is 81.8 cm³/mol. The van der Waals surface area contributed by atoms with Crippen LogP contribution < -0.4 is 5.32 Å². The summed E-state index contributed by atoms with van der Waals surface area (Å²) in [4.78, 5) is 1.05. The van der Waals surface area contributed by atoms with Crippen molar-refractivity contribution in [2.45, 2.75) is 31.4 Å². The molecule has 0 aliphatic carbocycles. The van der Waals surface area contributed by atoms with Gasteiger partial charge in [-0.15, -0.1) is 11.8 Å². The summed E-state index contributed by atoms with van der Waals surface area (Å²) < 4.78 is 0. The van der Waals surface area contributed by atoms with Gasteiger partial charge >= 0.3 is 0 Å². The van der Waals surface area contributed by atoms with Crippen LogP contribution in [0.1, 0.15) is 19.4 Å². The monoisotopic (exact) mass is 303 g/mol. The third kappa shape index (κ3) is 6.15. The van der Waals surface area contributed by atoms with Gasteiger partial charge in [0.05, 0.1) is 12.7 Å². The zero-order valence-corrected chi connectivity index (χ0v) is 13.0. The summed E-state index contributed by atoms with van der Waals surface area (Å²) in [7, 11) is 0. The molecule has 3 N–H and O–H groups in total. The van der Waals surface area contributed by atoms with Crippen molar-refractivity contribution in [3.63, 3.8) is 0 Å². The molecule has 5 heteroatoms. The second-order valence-corrected chi connectivity index (χ2v) is 6.36. The summed E-state index contributed by atoms with van der Waals surface area (Å²) in [6.45, 7) is 5.76. The van der Waals surface area contributed by atoms with E-state index in [0.29, 0.717) is 11.7 Å². The molecule has 0 radical (unpaired) electrons. The number of benzene rings is 1. The minimum absolute atomic E-state index is 0.214. The molecular formula is C14H22ClNO2S. The molecule has 0 saturated heterocycles. The predicted octanol–water partition coefficient (Wildman–Crippen LogP) is 2.53. The largest absolute Gasteiger partial charge is 0.394 e. The normalized spacial score (nSPS) is 12.9. The zero-order valence-electron chi connectivity index (χ0n) is 11.4. The number of hydrogen-bond donors (Lipinski definition) is 3. The Bertz CT molecular complexity index is 388. The third-order valence-electron chi connectivity index (χ3n) is 2.57. The number of nitrogens with one attached hydrogen (secondary N) is 1. The molecule has 1 atom stereocenters. The molecule has 0 amide bonds. The molecule has 3 nitrogen and oxygen atoms in total. The Morgan fingerprint density at radius 2 is 2.11 bits per heavy atom. The van der Waals surface area contributed by atoms with Crippen LogP contribution in [0.5, 0.6) is 0 Å². The van der Waals surface area contributed by atoms with Crippen molar-refractivity contribution >= 4 is 23.4 Å². The molecular weight excluding hydrogens is 282 g/mol. The van der Waals surface area contributed by atoms with Gasteiger partial charge in [-0.05, 0) is 30.2 Å². The van der Waals surface area contributed by atoms with E-state index in [0.717, 1.165) is 28.6 Å². The average molecular weight is 304 g/mol. The number of aliphatic hydroxyl groups excluding tert-OH is 2. The standard InChI is InChI=1S/C14H22ClNO2S/c1-10(2)6-16-7-12-13(15)4-3-5-14(12)19-9-11(18)8-17/h3-5,10-11,16-18H,6-9H2,1-2H3. The molecule has 19 heavy (non-hydrogen) atoms. The molecule has 108 valence electrons. The molecule has 1 unspecified atom stereocenters. The van der Waals surface area contributed by atoms with Gasteiger partial charge in [-0.2, -0.15) is 0 Å². The van der Waals surface area contributed by atoms with Gasteiger partial charge in [0.2, 0.25) is 0 Å². The smallest absolute Gasteiger partial charge is 0.0864 e. The highest BCUT2D eigenvalue weighted by Gasteiger charge is 2.10. The highest BCUT2D eigenvalue weighted by molar-refractivity contribution is 7.99. The second-order valence-electron chi connectivity index (χ2n) is 4.89. The van der Waals surface area contributed by atoms with E-state index < -0.39 is 6.10 Å². The van der Waals surface area contributed by atoms with Gasteiger partial charge in [0, 0.05) is 22.2 Å². The van der Waals surface area contributed by atoms with Crippen molar-refractivity contribution in [2.24, 2.45) is 5.92 Å². The summed E-state index contributed by atoms with van der Waals surface area (Å²) >= 11 is 7.75. The Balaban J connectivity index is 2.66. The molecule has 0 saturated carbocycles. The highest BCUT2D eigenvalue weighted by Crippen LogP contribution is 2.29. The second kappa shape index (κ2) is 8.82. The third-order valence-corrected chi connectivity index (χ3v) is 4.17. The maximum atomic E-state index is 9.41. The molecule has 0 spiro atoms. The first-order valence-corrected chi connectivity index (χ1v) is 7.80. The molecule has 1 rings (SSSR count). The van der Waals surface area contributed by atoms with Gasteiger partial charge in [0.25, 0.3) is 0 Å². The molecule has 0 aliphatic rings. The Hall–Kier alpha value is -0.260. The maximum absolute atomic E-state index is 9.41. The summed E-state index contributed by atoms with van der Waals surface area (Å²) in [5.41, 5.74) is 1.06. The van der Waals surface area contributed by atoms with Crippen molar-refractivity contribution in [1.29, 1.82) is 0 Å². The number of hydrogen-bond acceptors (Lipinski definition) is 4. The van der Waals surface area contributed by atoms with Crippen LogP contribution in [-0.4, -0.2) is 35.2 Å². The Labute approximate surface area is 124 Å². The van der Waals surface area contributed by atoms with E-state index in [4.69, 9.17) is 16.7 Å². The summed E-state index contributed by atoms with van der Waals surface area (Å²) in [5.74, 6) is 1.06. The van der Waals surface area contributed by atoms with E-state index in [-0.39, 0.29) is 6.61 Å². The quantitative estimate of drug-likeness (QED) is 0.646. The van der Waals surface area contributed by atoms with Gasteiger partial charge in [-0.1, -0.05) is 31.5 Å². The van der Waals surface area contributed by atoms with Crippen LogP contribution >= 0.6 is 23.4 Å². The zero-order chi connectivity index (χ0) is 14.3. The lowest BCUT2D eigenvalue weighted by molar-refractivity contribution is 0.113. The van der Waals surface area contributed by atoms with Crippen molar-refractivity contribution in [3.05, 3.63) is 28.8 Å². The number of rotatable bonds is 8. The number of thioether (sulfide) groups is 1. The average Bonchev–Trinajstić information content (AvgIpc) is 2.38. The van der Waals surface area contributed by atoms with Gasteiger partial charge in [-0.3, -0.25) is 0 Å². The van der Waals surface area contributed by atoms with E-state index in [1.54, 1.807) is 0 Å². The first kappa shape index (κ1) is 16.8. The summed E-state index contributed by atoms with van der Waals surface area (Å²) in [5, 5.41) is 22.4. The lowest BCUT2D eigenvalue weighted by Gasteiger charge is -2.14. The van der Waals surface area contributed by atoms with Gasteiger partial charge in [0.15, 0.2) is 0 Å². The van der Waals surface area contributed by atoms with Crippen LogP contribution in [0.15, 0.2) is 23.1 Å². The maximum Gasteiger partial charge on any atom is 0.0864 e. The number of halogens is 1. The Morgan fingerprint density at radius 1 is 1.37 bits per heavy atom. The lowest BCUT2D eigenvalue weighted by Crippen LogP contribution is -2.20. The minimum atomic E-state index is -0.694. The van der Waals surface area contributed by atoms with Crippen molar-refractivity contribution < 1.29 is 10.2 Å². The summed E-state index contributed by atoms with van der Waals surface area (Å²) in [6.07, 6.45) is -0.694. The molecule has 0 fully saturated rings. The Kier molecular flexibility index (Phi) is 7.80. The lowest BCUT2D eigenvalue weighted by atomic mass is 10.2. The van der Waals surface area contributed by atoms with Crippen molar-refractivity contribution in [3.8, 4) is 0 Å².